The Morgan fingerprint density at radius 1 is 1.04 bits per heavy atom. The second-order valence-electron chi connectivity index (χ2n) is 6.03. The summed E-state index contributed by atoms with van der Waals surface area (Å²) in [5, 5.41) is 9.78. The molecule has 1 aromatic heterocycles. The highest BCUT2D eigenvalue weighted by Gasteiger charge is 2.13. The summed E-state index contributed by atoms with van der Waals surface area (Å²) in [6.07, 6.45) is 7.45. The average Bonchev–Trinajstić information content (AvgIpc) is 2.77. The smallest absolute Gasteiger partial charge is 0.372 e. The maximum atomic E-state index is 4.42. The molecule has 0 spiro atoms. The fourth-order valence-corrected chi connectivity index (χ4v) is 3.82. The van der Waals surface area contributed by atoms with Gasteiger partial charge in [0.25, 0.3) is 0 Å². The van der Waals surface area contributed by atoms with Gasteiger partial charge in [-0.2, -0.15) is 0 Å². The number of aromatic nitrogens is 1. The first-order valence-corrected chi connectivity index (χ1v) is 9.34. The van der Waals surface area contributed by atoms with E-state index in [9.17, 15) is 0 Å². The number of anilines is 1. The van der Waals surface area contributed by atoms with E-state index >= 15 is 0 Å². The molecule has 0 aliphatic carbocycles. The molecule has 1 aliphatic heterocycles. The molecule has 0 atom stereocenters. The van der Waals surface area contributed by atoms with E-state index < -0.39 is 0 Å². The van der Waals surface area contributed by atoms with Gasteiger partial charge in [0.15, 0.2) is 0 Å². The summed E-state index contributed by atoms with van der Waals surface area (Å²) in [7, 11) is 0. The summed E-state index contributed by atoms with van der Waals surface area (Å²) < 4.78 is 2.13. The number of aryl methyl sites for hydroxylation is 2. The van der Waals surface area contributed by atoms with Gasteiger partial charge in [-0.1, -0.05) is 12.8 Å². The molecule has 0 unspecified atom stereocenters. The van der Waals surface area contributed by atoms with Crippen molar-refractivity contribution >= 4 is 27.8 Å². The molecule has 1 fully saturated rings. The molecule has 1 aliphatic rings. The van der Waals surface area contributed by atoms with Crippen LogP contribution in [0.4, 0.5) is 16.5 Å². The van der Waals surface area contributed by atoms with Crippen molar-refractivity contribution in [2.45, 2.75) is 46.1 Å². The molecule has 2 heterocycles. The Hall–Kier alpha value is -1.75. The molecule has 2 aromatic rings. The number of thiazole rings is 1. The van der Waals surface area contributed by atoms with E-state index in [-0.39, 0.29) is 0 Å². The lowest BCUT2D eigenvalue weighted by Crippen LogP contribution is -2.28. The first-order chi connectivity index (χ1) is 11.3. The molecular weight excluding hydrogens is 304 g/mol. The van der Waals surface area contributed by atoms with Crippen molar-refractivity contribution in [2.75, 3.05) is 18.0 Å². The summed E-state index contributed by atoms with van der Waals surface area (Å²) in [5.41, 5.74) is 2.22. The van der Waals surface area contributed by atoms with Crippen LogP contribution < -0.4 is 9.47 Å². The van der Waals surface area contributed by atoms with Crippen molar-refractivity contribution in [3.05, 3.63) is 35.3 Å². The van der Waals surface area contributed by atoms with Gasteiger partial charge in [0.05, 0.1) is 11.7 Å². The molecular formula is C18H25N4S+. The van der Waals surface area contributed by atoms with Crippen LogP contribution in [0.1, 0.15) is 37.5 Å². The monoisotopic (exact) mass is 329 g/mol. The summed E-state index contributed by atoms with van der Waals surface area (Å²) >= 11 is 1.68. The van der Waals surface area contributed by atoms with Crippen LogP contribution in [0.2, 0.25) is 0 Å². The second-order valence-corrected chi connectivity index (χ2v) is 7.24. The van der Waals surface area contributed by atoms with E-state index in [4.69, 9.17) is 0 Å². The van der Waals surface area contributed by atoms with E-state index in [0.717, 1.165) is 17.4 Å². The van der Waals surface area contributed by atoms with Crippen molar-refractivity contribution in [1.82, 2.24) is 0 Å². The third kappa shape index (κ3) is 4.16. The van der Waals surface area contributed by atoms with Gasteiger partial charge < -0.3 is 4.90 Å². The van der Waals surface area contributed by atoms with Crippen molar-refractivity contribution in [1.29, 1.82) is 0 Å². The number of benzene rings is 1. The van der Waals surface area contributed by atoms with Crippen LogP contribution in [0.3, 0.4) is 0 Å². The standard InChI is InChI=1S/C18H25N4S/c1-3-21-14-15(2)23-18(21)20-19-16-8-10-17(11-9-16)22-12-6-4-5-7-13-22/h8-11,14H,3-7,12-13H2,1-2H3/q+1. The van der Waals surface area contributed by atoms with Crippen LogP contribution in [-0.2, 0) is 6.54 Å². The van der Waals surface area contributed by atoms with Crippen molar-refractivity contribution < 1.29 is 4.57 Å². The molecule has 4 nitrogen and oxygen atoms in total. The van der Waals surface area contributed by atoms with Gasteiger partial charge in [0, 0.05) is 23.7 Å². The normalized spacial score (nSPS) is 16.0. The quantitative estimate of drug-likeness (QED) is 0.563. The SMILES string of the molecule is CC[n+]1cc(C)sc1/N=N/c1ccc(N2CCCCCC2)cc1. The lowest BCUT2D eigenvalue weighted by molar-refractivity contribution is -0.677. The van der Waals surface area contributed by atoms with Gasteiger partial charge in [-0.25, -0.2) is 4.57 Å². The van der Waals surface area contributed by atoms with Crippen molar-refractivity contribution in [3.8, 4) is 0 Å². The number of hydrogen-bond donors (Lipinski definition) is 0. The molecule has 23 heavy (non-hydrogen) atoms. The van der Waals surface area contributed by atoms with Crippen LogP contribution in [0.5, 0.6) is 0 Å². The summed E-state index contributed by atoms with van der Waals surface area (Å²) in [4.78, 5) is 3.75. The summed E-state index contributed by atoms with van der Waals surface area (Å²) in [6, 6.07) is 8.49. The molecule has 1 saturated heterocycles. The molecule has 0 amide bonds. The zero-order valence-corrected chi connectivity index (χ0v) is 14.9. The Morgan fingerprint density at radius 2 is 1.74 bits per heavy atom. The lowest BCUT2D eigenvalue weighted by atomic mass is 10.2. The van der Waals surface area contributed by atoms with Crippen LogP contribution in [0, 0.1) is 6.92 Å². The topological polar surface area (TPSA) is 31.8 Å². The lowest BCUT2D eigenvalue weighted by Gasteiger charge is -2.22. The predicted octanol–water partition coefficient (Wildman–Crippen LogP) is 5.16. The molecule has 0 bridgehead atoms. The van der Waals surface area contributed by atoms with Gasteiger partial charge in [0.2, 0.25) is 0 Å². The zero-order chi connectivity index (χ0) is 16.1. The summed E-state index contributed by atoms with van der Waals surface area (Å²) in [5.74, 6) is 0. The number of hydrogen-bond acceptors (Lipinski definition) is 4. The Labute approximate surface area is 142 Å². The maximum Gasteiger partial charge on any atom is 0.408 e. The van der Waals surface area contributed by atoms with Gasteiger partial charge in [-0.15, -0.1) is 0 Å². The average molecular weight is 329 g/mol. The Balaban J connectivity index is 1.70. The number of azo groups is 1. The molecule has 0 N–H and O–H groups in total. The first kappa shape index (κ1) is 16.1. The van der Waals surface area contributed by atoms with Crippen LogP contribution in [0.25, 0.3) is 0 Å². The predicted molar refractivity (Wildman–Crippen MR) is 96.2 cm³/mol. The minimum Gasteiger partial charge on any atom is -0.372 e. The largest absolute Gasteiger partial charge is 0.408 e. The first-order valence-electron chi connectivity index (χ1n) is 8.53. The summed E-state index contributed by atoms with van der Waals surface area (Å²) in [6.45, 7) is 7.50. The van der Waals surface area contributed by atoms with Gasteiger partial charge in [0.1, 0.15) is 11.9 Å². The Kier molecular flexibility index (Phi) is 5.39. The molecule has 0 saturated carbocycles. The fourth-order valence-electron chi connectivity index (χ4n) is 2.97. The van der Waals surface area contributed by atoms with E-state index in [1.54, 1.807) is 11.3 Å². The maximum absolute atomic E-state index is 4.42. The minimum absolute atomic E-state index is 0.914. The van der Waals surface area contributed by atoms with Gasteiger partial charge in [-0.05, 0) is 67.4 Å². The molecule has 3 rings (SSSR count). The number of nitrogens with zero attached hydrogens (tertiary/aromatic N) is 4. The van der Waals surface area contributed by atoms with E-state index in [1.807, 2.05) is 0 Å². The van der Waals surface area contributed by atoms with Crippen LogP contribution in [-0.4, -0.2) is 13.1 Å². The molecule has 0 radical (unpaired) electrons. The van der Waals surface area contributed by atoms with E-state index in [1.165, 1.54) is 49.3 Å². The van der Waals surface area contributed by atoms with Crippen LogP contribution >= 0.6 is 11.3 Å². The molecule has 122 valence electrons. The Morgan fingerprint density at radius 3 is 2.39 bits per heavy atom. The Bertz CT molecular complexity index is 652. The van der Waals surface area contributed by atoms with Crippen molar-refractivity contribution in [3.63, 3.8) is 0 Å². The van der Waals surface area contributed by atoms with Crippen LogP contribution in [0.15, 0.2) is 40.7 Å². The third-order valence-corrected chi connectivity index (χ3v) is 5.17. The molecule has 5 heteroatoms. The van der Waals surface area contributed by atoms with Crippen molar-refractivity contribution in [2.24, 2.45) is 10.2 Å². The highest BCUT2D eigenvalue weighted by Crippen LogP contribution is 2.25. The van der Waals surface area contributed by atoms with E-state index in [2.05, 4.69) is 64.0 Å². The highest BCUT2D eigenvalue weighted by molar-refractivity contribution is 7.14. The van der Waals surface area contributed by atoms with Gasteiger partial charge >= 0.3 is 5.13 Å². The molecule has 1 aromatic carbocycles. The number of rotatable bonds is 4. The van der Waals surface area contributed by atoms with Gasteiger partial charge in [-0.3, -0.25) is 0 Å². The fraction of sp³-hybridized carbons (Fsp3) is 0.500. The third-order valence-electron chi connectivity index (χ3n) is 4.25. The minimum atomic E-state index is 0.914. The zero-order valence-electron chi connectivity index (χ0n) is 14.0. The van der Waals surface area contributed by atoms with E-state index in [0.29, 0.717) is 0 Å². The highest BCUT2D eigenvalue weighted by atomic mass is 32.1. The second kappa shape index (κ2) is 7.68.